The van der Waals surface area contributed by atoms with E-state index in [-0.39, 0.29) is 42.2 Å². The van der Waals surface area contributed by atoms with Gasteiger partial charge in [-0.05, 0) is 56.0 Å². The van der Waals surface area contributed by atoms with E-state index in [4.69, 9.17) is 13.6 Å². The fraction of sp³-hybridized carbons (Fsp3) is 0.886. The Morgan fingerprint density at radius 3 is 1.83 bits per heavy atom. The predicted molar refractivity (Wildman–Crippen MR) is 183 cm³/mol. The second-order valence-corrected chi connectivity index (χ2v) is 21.6. The number of rotatable bonds is 25. The number of esters is 1. The topological polar surface area (TPSA) is 61.8 Å². The number of hydrogen-bond donors (Lipinski definition) is 0. The van der Waals surface area contributed by atoms with Crippen LogP contribution in [0.15, 0.2) is 12.2 Å². The molecular weight excluding hydrogens is 557 g/mol. The number of carbonyl (C=O) groups is 2. The molecule has 0 N–H and O–H groups in total. The molecule has 0 amide bonds. The molecule has 0 aromatic rings. The maximum atomic E-state index is 14.1. The second-order valence-electron chi connectivity index (χ2n) is 12.8. The van der Waals surface area contributed by atoms with E-state index in [1.165, 1.54) is 32.1 Å². The van der Waals surface area contributed by atoms with Gasteiger partial charge in [-0.25, -0.2) is 0 Å². The van der Waals surface area contributed by atoms with Gasteiger partial charge >= 0.3 is 5.97 Å². The van der Waals surface area contributed by atoms with Gasteiger partial charge in [-0.2, -0.15) is 0 Å². The normalized spacial score (nSPS) is 20.5. The molecule has 0 bridgehead atoms. The Hall–Kier alpha value is -0.766. The van der Waals surface area contributed by atoms with E-state index in [1.54, 1.807) is 0 Å². The van der Waals surface area contributed by atoms with E-state index < -0.39 is 16.6 Å². The molecule has 246 valence electrons. The van der Waals surface area contributed by atoms with Crippen molar-refractivity contribution in [1.82, 2.24) is 0 Å². The van der Waals surface area contributed by atoms with Gasteiger partial charge in [-0.3, -0.25) is 9.59 Å². The summed E-state index contributed by atoms with van der Waals surface area (Å²) >= 11 is 0. The molecule has 42 heavy (non-hydrogen) atoms. The van der Waals surface area contributed by atoms with Crippen LogP contribution in [-0.4, -0.2) is 47.2 Å². The van der Waals surface area contributed by atoms with E-state index in [0.29, 0.717) is 13.0 Å². The summed E-state index contributed by atoms with van der Waals surface area (Å²) in [7, 11) is -4.10. The second kappa shape index (κ2) is 21.9. The summed E-state index contributed by atoms with van der Waals surface area (Å²) in [5.41, 5.74) is 0. The van der Waals surface area contributed by atoms with Crippen LogP contribution in [0, 0.1) is 11.8 Å². The first-order valence-electron chi connectivity index (χ1n) is 17.9. The summed E-state index contributed by atoms with van der Waals surface area (Å²) in [4.78, 5) is 27.1. The van der Waals surface area contributed by atoms with Crippen LogP contribution in [-0.2, 0) is 23.2 Å². The summed E-state index contributed by atoms with van der Waals surface area (Å²) < 4.78 is 20.0. The third-order valence-corrected chi connectivity index (χ3v) is 19.0. The number of unbranched alkanes of at least 4 members (excludes halogenated alkanes) is 6. The van der Waals surface area contributed by atoms with Crippen molar-refractivity contribution in [3.63, 3.8) is 0 Å². The van der Waals surface area contributed by atoms with Crippen LogP contribution in [0.5, 0.6) is 0 Å². The molecule has 0 saturated heterocycles. The van der Waals surface area contributed by atoms with Crippen molar-refractivity contribution < 1.29 is 23.2 Å². The van der Waals surface area contributed by atoms with Crippen molar-refractivity contribution in [2.75, 3.05) is 6.61 Å². The molecule has 5 nitrogen and oxygen atoms in total. The molecule has 1 saturated carbocycles. The first-order valence-corrected chi connectivity index (χ1v) is 23.0. The van der Waals surface area contributed by atoms with Crippen molar-refractivity contribution >= 4 is 28.4 Å². The van der Waals surface area contributed by atoms with Crippen LogP contribution >= 0.6 is 0 Å². The highest BCUT2D eigenvalue weighted by atomic mass is 28.4. The zero-order valence-corrected chi connectivity index (χ0v) is 30.9. The maximum Gasteiger partial charge on any atom is 0.306 e. The van der Waals surface area contributed by atoms with Gasteiger partial charge in [-0.1, -0.05) is 112 Å². The van der Waals surface area contributed by atoms with Gasteiger partial charge < -0.3 is 13.6 Å². The van der Waals surface area contributed by atoms with Gasteiger partial charge in [0.25, 0.3) is 0 Å². The highest BCUT2D eigenvalue weighted by Crippen LogP contribution is 2.43. The molecule has 0 aromatic carbocycles. The molecular formula is C35H68O5Si2. The zero-order chi connectivity index (χ0) is 31.4. The lowest BCUT2D eigenvalue weighted by Crippen LogP contribution is -2.46. The Labute approximate surface area is 262 Å². The first kappa shape index (κ1) is 39.3. The van der Waals surface area contributed by atoms with Gasteiger partial charge in [0.05, 0.1) is 31.2 Å². The van der Waals surface area contributed by atoms with Crippen molar-refractivity contribution in [2.24, 2.45) is 11.8 Å². The molecule has 1 rings (SSSR count). The minimum absolute atomic E-state index is 0.198. The summed E-state index contributed by atoms with van der Waals surface area (Å²) in [5.74, 6) is -0.549. The van der Waals surface area contributed by atoms with E-state index in [0.717, 1.165) is 68.4 Å². The monoisotopic (exact) mass is 624 g/mol. The number of ketones is 1. The summed E-state index contributed by atoms with van der Waals surface area (Å²) in [5, 5.41) is 0. The molecule has 1 aliphatic rings. The molecule has 0 aromatic heterocycles. The van der Waals surface area contributed by atoms with Gasteiger partial charge in [0.2, 0.25) is 0 Å². The SMILES string of the molecule is CCCCC/C=C/[C@@H](O[Si](CC)(CC)CC)[C@H]1C(=O)C[C@H](O[Si](CCCC)(CCCC)CCCC)[C@@H]1CC(=O)OCC. The van der Waals surface area contributed by atoms with Gasteiger partial charge in [0.1, 0.15) is 5.78 Å². The minimum atomic E-state index is -2.09. The Balaban J connectivity index is 3.55. The molecule has 0 heterocycles. The van der Waals surface area contributed by atoms with Gasteiger partial charge in [0, 0.05) is 12.3 Å². The number of ether oxygens (including phenoxy) is 1. The van der Waals surface area contributed by atoms with E-state index in [1.807, 2.05) is 6.92 Å². The highest BCUT2D eigenvalue weighted by molar-refractivity contribution is 6.74. The maximum absolute atomic E-state index is 14.1. The Morgan fingerprint density at radius 2 is 1.36 bits per heavy atom. The fourth-order valence-electron chi connectivity index (χ4n) is 6.82. The number of carbonyl (C=O) groups excluding carboxylic acids is 2. The highest BCUT2D eigenvalue weighted by Gasteiger charge is 2.51. The van der Waals surface area contributed by atoms with Crippen LogP contribution in [0.3, 0.4) is 0 Å². The zero-order valence-electron chi connectivity index (χ0n) is 28.9. The average Bonchev–Trinajstić information content (AvgIpc) is 3.28. The quantitative estimate of drug-likeness (QED) is 0.0438. The van der Waals surface area contributed by atoms with Crippen LogP contribution in [0.2, 0.25) is 36.3 Å². The van der Waals surface area contributed by atoms with Gasteiger partial charge in [0.15, 0.2) is 16.6 Å². The Bertz CT molecular complexity index is 736. The third-order valence-electron chi connectivity index (χ3n) is 9.75. The average molecular weight is 625 g/mol. The predicted octanol–water partition coefficient (Wildman–Crippen LogP) is 10.4. The standard InChI is InChI=1S/C35H68O5Si2/c1-9-17-21-22-23-24-32(39-41(14-6,15-7)16-8)35-30(28-34(37)38-13-5)33(29-31(35)36)40-42(25-18-10-2,26-19-11-3)27-20-12-4/h23-24,30,32-33,35H,9-22,25-29H2,1-8H3/b24-23+/t30-,32+,33-,35+/m0/s1. The number of allylic oxidation sites excluding steroid dienone is 1. The summed E-state index contributed by atoms with van der Waals surface area (Å²) in [6.45, 7) is 18.0. The molecule has 7 heteroatoms. The summed E-state index contributed by atoms with van der Waals surface area (Å²) in [6.07, 6.45) is 16.1. The van der Waals surface area contributed by atoms with E-state index in [9.17, 15) is 9.59 Å². The van der Waals surface area contributed by atoms with Crippen LogP contribution in [0.4, 0.5) is 0 Å². The molecule has 0 aliphatic heterocycles. The molecule has 1 fully saturated rings. The smallest absolute Gasteiger partial charge is 0.306 e. The number of Topliss-reactive ketones (excluding diaryl/α,β-unsaturated/α-hetero) is 1. The lowest BCUT2D eigenvalue weighted by molar-refractivity contribution is -0.145. The van der Waals surface area contributed by atoms with Gasteiger partial charge in [-0.15, -0.1) is 0 Å². The van der Waals surface area contributed by atoms with Crippen molar-refractivity contribution in [2.45, 2.75) is 181 Å². The molecule has 0 radical (unpaired) electrons. The summed E-state index contributed by atoms with van der Waals surface area (Å²) in [6, 6.07) is 6.55. The third kappa shape index (κ3) is 12.7. The Morgan fingerprint density at radius 1 is 0.810 bits per heavy atom. The minimum Gasteiger partial charge on any atom is -0.466 e. The molecule has 0 unspecified atom stereocenters. The Kier molecular flexibility index (Phi) is 20.4. The van der Waals surface area contributed by atoms with Crippen LogP contribution in [0.1, 0.15) is 132 Å². The van der Waals surface area contributed by atoms with Crippen LogP contribution < -0.4 is 0 Å². The van der Waals surface area contributed by atoms with E-state index in [2.05, 4.69) is 60.6 Å². The lowest BCUT2D eigenvalue weighted by Gasteiger charge is -2.39. The van der Waals surface area contributed by atoms with Crippen molar-refractivity contribution in [1.29, 1.82) is 0 Å². The van der Waals surface area contributed by atoms with E-state index >= 15 is 0 Å². The largest absolute Gasteiger partial charge is 0.466 e. The number of hydrogen-bond acceptors (Lipinski definition) is 5. The molecule has 1 aliphatic carbocycles. The molecule has 0 spiro atoms. The fourth-order valence-corrected chi connectivity index (χ4v) is 14.6. The van der Waals surface area contributed by atoms with Crippen molar-refractivity contribution in [3.8, 4) is 0 Å². The van der Waals surface area contributed by atoms with Crippen molar-refractivity contribution in [3.05, 3.63) is 12.2 Å². The van der Waals surface area contributed by atoms with Crippen LogP contribution in [0.25, 0.3) is 0 Å². The molecule has 4 atom stereocenters. The first-order chi connectivity index (χ1) is 20.2. The lowest BCUT2D eigenvalue weighted by atomic mass is 9.86.